The molecule has 2 aliphatic carbocycles. The van der Waals surface area contributed by atoms with Crippen LogP contribution in [0.15, 0.2) is 200 Å². The molecule has 0 atom stereocenters. The fourth-order valence-electron chi connectivity index (χ4n) is 11.8. The Morgan fingerprint density at radius 3 is 1.26 bits per heavy atom. The average Bonchev–Trinajstić information content (AvgIpc) is 4.04. The van der Waals surface area contributed by atoms with Crippen LogP contribution in [0.2, 0.25) is 0 Å². The van der Waals surface area contributed by atoms with E-state index in [9.17, 15) is 0 Å². The second-order valence-electron chi connectivity index (χ2n) is 19.6. The number of para-hydroxylation sites is 3. The summed E-state index contributed by atoms with van der Waals surface area (Å²) in [4.78, 5) is 16.4. The predicted octanol–water partition coefficient (Wildman–Crippen LogP) is 15.7. The normalized spacial score (nSPS) is 14.1. The van der Waals surface area contributed by atoms with Gasteiger partial charge >= 0.3 is 0 Å². The van der Waals surface area contributed by atoms with E-state index in [0.717, 1.165) is 49.7 Å². The highest BCUT2D eigenvalue weighted by molar-refractivity contribution is 6.12. The molecule has 68 heavy (non-hydrogen) atoms. The Morgan fingerprint density at radius 2 is 0.721 bits per heavy atom. The summed E-state index contributed by atoms with van der Waals surface area (Å²) in [6.07, 6.45) is 0. The minimum absolute atomic E-state index is 0.178. The second kappa shape index (κ2) is 14.1. The van der Waals surface area contributed by atoms with Gasteiger partial charge in [0, 0.05) is 49.2 Å². The van der Waals surface area contributed by atoms with Gasteiger partial charge in [-0.05, 0) is 104 Å². The highest BCUT2D eigenvalue weighted by atomic mass is 15.2. The van der Waals surface area contributed by atoms with Crippen molar-refractivity contribution in [3.05, 3.63) is 222 Å². The van der Waals surface area contributed by atoms with Crippen molar-refractivity contribution in [1.82, 2.24) is 24.1 Å². The first-order valence-corrected chi connectivity index (χ1v) is 23.6. The first-order valence-electron chi connectivity index (χ1n) is 23.6. The van der Waals surface area contributed by atoms with Gasteiger partial charge in [-0.1, -0.05) is 179 Å². The number of benzene rings is 9. The second-order valence-corrected chi connectivity index (χ2v) is 19.6. The number of rotatable bonds is 5. The largest absolute Gasteiger partial charge is 0.309 e. The van der Waals surface area contributed by atoms with Gasteiger partial charge < -0.3 is 4.57 Å². The lowest BCUT2D eigenvalue weighted by atomic mass is 9.82. The van der Waals surface area contributed by atoms with Crippen LogP contribution in [0.1, 0.15) is 49.9 Å². The van der Waals surface area contributed by atoms with Gasteiger partial charge in [-0.2, -0.15) is 9.97 Å². The molecule has 12 aromatic rings. The van der Waals surface area contributed by atoms with Crippen LogP contribution in [-0.2, 0) is 10.8 Å². The molecule has 0 N–H and O–H groups in total. The third-order valence-corrected chi connectivity index (χ3v) is 15.2. The molecule has 0 fully saturated rings. The Kier molecular flexibility index (Phi) is 8.02. The first-order chi connectivity index (χ1) is 33.2. The van der Waals surface area contributed by atoms with Crippen molar-refractivity contribution >= 4 is 43.6 Å². The molecule has 0 radical (unpaired) electrons. The van der Waals surface area contributed by atoms with Crippen LogP contribution in [0.25, 0.3) is 111 Å². The lowest BCUT2D eigenvalue weighted by molar-refractivity contribution is 0.660. The minimum Gasteiger partial charge on any atom is -0.309 e. The van der Waals surface area contributed by atoms with E-state index in [0.29, 0.717) is 17.6 Å². The lowest BCUT2D eigenvalue weighted by Gasteiger charge is -2.22. The molecule has 3 aromatic heterocycles. The summed E-state index contributed by atoms with van der Waals surface area (Å²) >= 11 is 0. The summed E-state index contributed by atoms with van der Waals surface area (Å²) in [5, 5.41) is 4.75. The van der Waals surface area contributed by atoms with E-state index in [4.69, 9.17) is 15.0 Å². The van der Waals surface area contributed by atoms with Gasteiger partial charge in [0.25, 0.3) is 0 Å². The average molecular weight is 872 g/mol. The molecular formula is C63H45N5. The molecule has 322 valence electrons. The van der Waals surface area contributed by atoms with Crippen LogP contribution < -0.4 is 0 Å². The van der Waals surface area contributed by atoms with Crippen molar-refractivity contribution in [3.63, 3.8) is 0 Å². The third-order valence-electron chi connectivity index (χ3n) is 15.2. The van der Waals surface area contributed by atoms with Gasteiger partial charge in [0.15, 0.2) is 11.6 Å². The van der Waals surface area contributed by atoms with Gasteiger partial charge in [-0.25, -0.2) is 4.98 Å². The first kappa shape index (κ1) is 38.8. The smallest absolute Gasteiger partial charge is 0.238 e. The van der Waals surface area contributed by atoms with Crippen molar-refractivity contribution in [2.45, 2.75) is 38.5 Å². The Labute approximate surface area is 394 Å². The topological polar surface area (TPSA) is 48.5 Å². The van der Waals surface area contributed by atoms with E-state index >= 15 is 0 Å². The van der Waals surface area contributed by atoms with E-state index in [1.807, 2.05) is 0 Å². The van der Waals surface area contributed by atoms with Crippen LogP contribution in [0, 0.1) is 0 Å². The summed E-state index contributed by atoms with van der Waals surface area (Å²) in [7, 11) is 0. The Hall–Kier alpha value is -8.41. The van der Waals surface area contributed by atoms with Gasteiger partial charge in [0.1, 0.15) is 0 Å². The fraction of sp³-hybridized carbons (Fsp3) is 0.0952. The molecule has 3 heterocycles. The predicted molar refractivity (Wildman–Crippen MR) is 280 cm³/mol. The van der Waals surface area contributed by atoms with Gasteiger partial charge in [0.2, 0.25) is 5.95 Å². The van der Waals surface area contributed by atoms with Crippen LogP contribution in [0.4, 0.5) is 0 Å². The Morgan fingerprint density at radius 1 is 0.309 bits per heavy atom. The number of hydrogen-bond acceptors (Lipinski definition) is 3. The van der Waals surface area contributed by atoms with Gasteiger partial charge in [-0.3, -0.25) is 4.57 Å². The molecule has 14 rings (SSSR count). The molecule has 2 aliphatic rings. The minimum atomic E-state index is -0.178. The zero-order valence-electron chi connectivity index (χ0n) is 38.3. The molecule has 5 heteroatoms. The fourth-order valence-corrected chi connectivity index (χ4v) is 11.8. The summed E-state index contributed by atoms with van der Waals surface area (Å²) in [5.41, 5.74) is 19.8. The zero-order valence-corrected chi connectivity index (χ0v) is 38.3. The zero-order chi connectivity index (χ0) is 45.5. The van der Waals surface area contributed by atoms with Crippen LogP contribution in [0.5, 0.6) is 0 Å². The van der Waals surface area contributed by atoms with Crippen molar-refractivity contribution in [2.24, 2.45) is 0 Å². The van der Waals surface area contributed by atoms with Crippen molar-refractivity contribution in [3.8, 4) is 67.8 Å². The van der Waals surface area contributed by atoms with Gasteiger partial charge in [0.05, 0.1) is 22.1 Å². The summed E-state index contributed by atoms with van der Waals surface area (Å²) in [6, 6.07) is 72.8. The highest BCUT2D eigenvalue weighted by Crippen LogP contribution is 2.51. The van der Waals surface area contributed by atoms with E-state index in [-0.39, 0.29) is 10.8 Å². The monoisotopic (exact) mass is 871 g/mol. The molecule has 0 saturated heterocycles. The van der Waals surface area contributed by atoms with Gasteiger partial charge in [-0.15, -0.1) is 0 Å². The van der Waals surface area contributed by atoms with E-state index in [2.05, 4.69) is 237 Å². The number of fused-ring (bicyclic) bond motifs is 12. The molecule has 0 bridgehead atoms. The van der Waals surface area contributed by atoms with Crippen molar-refractivity contribution in [1.29, 1.82) is 0 Å². The van der Waals surface area contributed by atoms with E-state index < -0.39 is 0 Å². The molecule has 0 unspecified atom stereocenters. The molecule has 0 spiro atoms. The molecule has 9 aromatic carbocycles. The maximum absolute atomic E-state index is 5.48. The number of hydrogen-bond donors (Lipinski definition) is 0. The number of aromatic nitrogens is 5. The molecule has 0 saturated carbocycles. The van der Waals surface area contributed by atoms with Crippen LogP contribution in [0.3, 0.4) is 0 Å². The quantitative estimate of drug-likeness (QED) is 0.173. The van der Waals surface area contributed by atoms with Crippen molar-refractivity contribution < 1.29 is 0 Å². The Balaban J connectivity index is 0.990. The summed E-state index contributed by atoms with van der Waals surface area (Å²) in [5.74, 6) is 1.87. The molecule has 5 nitrogen and oxygen atoms in total. The van der Waals surface area contributed by atoms with E-state index in [1.165, 1.54) is 66.3 Å². The molecular weight excluding hydrogens is 827 g/mol. The highest BCUT2D eigenvalue weighted by Gasteiger charge is 2.37. The maximum atomic E-state index is 5.48. The maximum Gasteiger partial charge on any atom is 0.238 e. The summed E-state index contributed by atoms with van der Waals surface area (Å²) < 4.78 is 4.64. The summed E-state index contributed by atoms with van der Waals surface area (Å²) in [6.45, 7) is 9.30. The Bertz CT molecular complexity index is 3970. The van der Waals surface area contributed by atoms with Crippen LogP contribution >= 0.6 is 0 Å². The standard InChI is InChI=1S/C63H45N5/c1-62(2)51-22-12-8-18-43(51)45-30-28-40(34-53(45)62)59-64-60(41-29-31-46-44-19-9-13-23-52(44)63(3,4)54(46)35-41)66-61(65-59)68-56-25-15-11-21-48(56)50-33-27-39(37-58(50)68)38-26-32-49-47-20-10-14-24-55(47)67(57(49)36-38)42-16-6-5-7-17-42/h5-37H,1-4H3. The number of nitrogens with zero attached hydrogens (tertiary/aromatic N) is 5. The third kappa shape index (κ3) is 5.47. The van der Waals surface area contributed by atoms with Crippen molar-refractivity contribution in [2.75, 3.05) is 0 Å². The molecule has 0 aliphatic heterocycles. The SMILES string of the molecule is CC1(C)c2ccccc2-c2ccc(-c3nc(-c4ccc5c(c4)C(C)(C)c4ccccc4-5)nc(-n4c5ccccc5c5ccc(-c6ccc7c8ccccc8n(-c8ccccc8)c7c6)cc54)n3)cc21. The lowest BCUT2D eigenvalue weighted by Crippen LogP contribution is -2.15. The molecule has 0 amide bonds. The van der Waals surface area contributed by atoms with Crippen LogP contribution in [-0.4, -0.2) is 24.1 Å². The van der Waals surface area contributed by atoms with E-state index in [1.54, 1.807) is 0 Å².